The molecule has 0 heterocycles. The van der Waals surface area contributed by atoms with Crippen LogP contribution in [0.25, 0.3) is 0 Å². The Balaban J connectivity index is 3.99. The van der Waals surface area contributed by atoms with Gasteiger partial charge in [-0.15, -0.1) is 0 Å². The first-order chi connectivity index (χ1) is 8.01. The maximum Gasteiger partial charge on any atom is 0.0585 e. The number of aliphatic hydroxyl groups is 1. The molecule has 1 unspecified atom stereocenters. The van der Waals surface area contributed by atoms with E-state index in [1.165, 1.54) is 0 Å². The monoisotopic (exact) mass is 244 g/mol. The van der Waals surface area contributed by atoms with Crippen molar-refractivity contribution in [1.82, 2.24) is 10.2 Å². The molecule has 17 heavy (non-hydrogen) atoms. The summed E-state index contributed by atoms with van der Waals surface area (Å²) in [6.45, 7) is 14.6. The summed E-state index contributed by atoms with van der Waals surface area (Å²) in [6, 6.07) is 0.839. The van der Waals surface area contributed by atoms with Crippen molar-refractivity contribution < 1.29 is 5.11 Å². The molecule has 0 aliphatic carbocycles. The zero-order valence-corrected chi connectivity index (χ0v) is 12.4. The lowest BCUT2D eigenvalue weighted by molar-refractivity contribution is 0.169. The zero-order valence-electron chi connectivity index (χ0n) is 12.4. The Morgan fingerprint density at radius 1 is 1.18 bits per heavy atom. The molecule has 0 bridgehead atoms. The van der Waals surface area contributed by atoms with Crippen LogP contribution in [0.4, 0.5) is 0 Å². The minimum absolute atomic E-state index is 0.244. The van der Waals surface area contributed by atoms with Crippen LogP contribution in [-0.2, 0) is 0 Å². The van der Waals surface area contributed by atoms with Crippen LogP contribution < -0.4 is 5.32 Å². The molecular formula is C14H32N2O. The van der Waals surface area contributed by atoms with Crippen molar-refractivity contribution in [1.29, 1.82) is 0 Å². The summed E-state index contributed by atoms with van der Waals surface area (Å²) in [5, 5.41) is 12.7. The summed E-state index contributed by atoms with van der Waals surface area (Å²) in [7, 11) is 0. The highest BCUT2D eigenvalue weighted by Crippen LogP contribution is 2.06. The highest BCUT2D eigenvalue weighted by molar-refractivity contribution is 4.71. The van der Waals surface area contributed by atoms with Gasteiger partial charge in [0.2, 0.25) is 0 Å². The summed E-state index contributed by atoms with van der Waals surface area (Å²) in [6.07, 6.45) is 2.15. The molecule has 0 aromatic carbocycles. The summed E-state index contributed by atoms with van der Waals surface area (Å²) >= 11 is 0. The SMILES string of the molecule is CCCNC(CO)CCN(CC(C)C)C(C)C. The molecule has 3 nitrogen and oxygen atoms in total. The smallest absolute Gasteiger partial charge is 0.0585 e. The fraction of sp³-hybridized carbons (Fsp3) is 1.00. The van der Waals surface area contributed by atoms with E-state index in [1.54, 1.807) is 0 Å². The van der Waals surface area contributed by atoms with Crippen molar-refractivity contribution in [2.24, 2.45) is 5.92 Å². The van der Waals surface area contributed by atoms with E-state index in [1.807, 2.05) is 0 Å². The average Bonchev–Trinajstić information content (AvgIpc) is 2.26. The predicted octanol–water partition coefficient (Wildman–Crippen LogP) is 2.10. The molecule has 1 atom stereocenters. The maximum atomic E-state index is 9.31. The van der Waals surface area contributed by atoms with Crippen molar-refractivity contribution in [2.45, 2.75) is 59.5 Å². The average molecular weight is 244 g/mol. The Morgan fingerprint density at radius 3 is 2.24 bits per heavy atom. The Labute approximate surface area is 108 Å². The Kier molecular flexibility index (Phi) is 9.79. The van der Waals surface area contributed by atoms with Gasteiger partial charge in [0.15, 0.2) is 0 Å². The molecule has 0 fully saturated rings. The van der Waals surface area contributed by atoms with E-state index >= 15 is 0 Å². The van der Waals surface area contributed by atoms with Gasteiger partial charge in [0.1, 0.15) is 0 Å². The third-order valence-corrected chi connectivity index (χ3v) is 3.00. The molecule has 0 aliphatic rings. The maximum absolute atomic E-state index is 9.31. The number of rotatable bonds is 10. The topological polar surface area (TPSA) is 35.5 Å². The van der Waals surface area contributed by atoms with E-state index in [-0.39, 0.29) is 12.6 Å². The molecule has 104 valence electrons. The highest BCUT2D eigenvalue weighted by atomic mass is 16.3. The van der Waals surface area contributed by atoms with E-state index in [4.69, 9.17) is 0 Å². The van der Waals surface area contributed by atoms with Gasteiger partial charge in [-0.2, -0.15) is 0 Å². The fourth-order valence-electron chi connectivity index (χ4n) is 1.96. The van der Waals surface area contributed by atoms with E-state index in [0.717, 1.165) is 32.5 Å². The Bertz CT molecular complexity index is 172. The second-order valence-electron chi connectivity index (χ2n) is 5.60. The molecule has 0 aliphatic heterocycles. The lowest BCUT2D eigenvalue weighted by Gasteiger charge is -2.29. The zero-order chi connectivity index (χ0) is 13.3. The van der Waals surface area contributed by atoms with E-state index in [9.17, 15) is 5.11 Å². The van der Waals surface area contributed by atoms with Crippen LogP contribution in [0.1, 0.15) is 47.5 Å². The van der Waals surface area contributed by atoms with Crippen LogP contribution in [-0.4, -0.2) is 48.3 Å². The molecular weight excluding hydrogens is 212 g/mol. The largest absolute Gasteiger partial charge is 0.395 e. The van der Waals surface area contributed by atoms with Crippen LogP contribution in [0.15, 0.2) is 0 Å². The Hall–Kier alpha value is -0.120. The van der Waals surface area contributed by atoms with Gasteiger partial charge in [0, 0.05) is 18.6 Å². The second kappa shape index (κ2) is 9.86. The van der Waals surface area contributed by atoms with Crippen molar-refractivity contribution in [3.05, 3.63) is 0 Å². The number of aliphatic hydroxyl groups excluding tert-OH is 1. The van der Waals surface area contributed by atoms with Gasteiger partial charge in [-0.3, -0.25) is 0 Å². The molecule has 0 saturated heterocycles. The van der Waals surface area contributed by atoms with Crippen molar-refractivity contribution in [3.63, 3.8) is 0 Å². The first-order valence-electron chi connectivity index (χ1n) is 7.09. The normalized spacial score (nSPS) is 13.9. The van der Waals surface area contributed by atoms with E-state index in [2.05, 4.69) is 44.8 Å². The molecule has 0 saturated carbocycles. The molecule has 0 amide bonds. The van der Waals surface area contributed by atoms with Crippen molar-refractivity contribution in [3.8, 4) is 0 Å². The van der Waals surface area contributed by atoms with Crippen molar-refractivity contribution >= 4 is 0 Å². The van der Waals surface area contributed by atoms with E-state index < -0.39 is 0 Å². The summed E-state index contributed by atoms with van der Waals surface area (Å²) < 4.78 is 0. The second-order valence-corrected chi connectivity index (χ2v) is 5.60. The van der Waals surface area contributed by atoms with Gasteiger partial charge in [-0.1, -0.05) is 20.8 Å². The van der Waals surface area contributed by atoms with Gasteiger partial charge < -0.3 is 15.3 Å². The van der Waals surface area contributed by atoms with Crippen molar-refractivity contribution in [2.75, 3.05) is 26.2 Å². The van der Waals surface area contributed by atoms with Gasteiger partial charge in [-0.05, 0) is 45.7 Å². The number of hydrogen-bond donors (Lipinski definition) is 2. The van der Waals surface area contributed by atoms with Crippen LogP contribution in [0.5, 0.6) is 0 Å². The quantitative estimate of drug-likeness (QED) is 0.618. The summed E-state index contributed by atoms with van der Waals surface area (Å²) in [5.74, 6) is 0.702. The molecule has 0 spiro atoms. The van der Waals surface area contributed by atoms with Crippen LogP contribution in [0.3, 0.4) is 0 Å². The first-order valence-corrected chi connectivity index (χ1v) is 7.09. The van der Waals surface area contributed by atoms with Gasteiger partial charge in [0.05, 0.1) is 6.61 Å². The number of hydrogen-bond acceptors (Lipinski definition) is 3. The standard InChI is InChI=1S/C14H32N2O/c1-6-8-15-14(11-17)7-9-16(13(4)5)10-12(2)3/h12-15,17H,6-11H2,1-5H3. The molecule has 0 radical (unpaired) electrons. The summed E-state index contributed by atoms with van der Waals surface area (Å²) in [4.78, 5) is 2.50. The molecule has 2 N–H and O–H groups in total. The molecule has 0 aromatic heterocycles. The molecule has 0 aromatic rings. The molecule has 3 heteroatoms. The van der Waals surface area contributed by atoms with E-state index in [0.29, 0.717) is 12.0 Å². The highest BCUT2D eigenvalue weighted by Gasteiger charge is 2.13. The number of nitrogens with zero attached hydrogens (tertiary/aromatic N) is 1. The van der Waals surface area contributed by atoms with Gasteiger partial charge >= 0.3 is 0 Å². The summed E-state index contributed by atoms with van der Waals surface area (Å²) in [5.41, 5.74) is 0. The fourth-order valence-corrected chi connectivity index (χ4v) is 1.96. The van der Waals surface area contributed by atoms with Crippen LogP contribution in [0.2, 0.25) is 0 Å². The third-order valence-electron chi connectivity index (χ3n) is 3.00. The van der Waals surface area contributed by atoms with Gasteiger partial charge in [0.25, 0.3) is 0 Å². The minimum atomic E-state index is 0.244. The molecule has 0 rings (SSSR count). The Morgan fingerprint density at radius 2 is 1.82 bits per heavy atom. The third kappa shape index (κ3) is 8.58. The van der Waals surface area contributed by atoms with Crippen LogP contribution in [0, 0.1) is 5.92 Å². The lowest BCUT2D eigenvalue weighted by atomic mass is 10.1. The lowest BCUT2D eigenvalue weighted by Crippen LogP contribution is -2.40. The first kappa shape index (κ1) is 16.9. The minimum Gasteiger partial charge on any atom is -0.395 e. The predicted molar refractivity (Wildman–Crippen MR) is 75.3 cm³/mol. The van der Waals surface area contributed by atoms with Crippen LogP contribution >= 0.6 is 0 Å². The number of nitrogens with one attached hydrogen (secondary N) is 1. The van der Waals surface area contributed by atoms with Gasteiger partial charge in [-0.25, -0.2) is 0 Å².